The fourth-order valence-corrected chi connectivity index (χ4v) is 4.51. The van der Waals surface area contributed by atoms with Crippen LogP contribution in [0.3, 0.4) is 0 Å². The molecule has 3 nitrogen and oxygen atoms in total. The molecule has 4 rings (SSSR count). The van der Waals surface area contributed by atoms with Crippen molar-refractivity contribution in [3.8, 4) is 0 Å². The van der Waals surface area contributed by atoms with Gasteiger partial charge in [-0.05, 0) is 29.9 Å². The molecule has 0 spiro atoms. The summed E-state index contributed by atoms with van der Waals surface area (Å²) in [5.74, 6) is 1.50. The van der Waals surface area contributed by atoms with Gasteiger partial charge in [-0.15, -0.1) is 0 Å². The van der Waals surface area contributed by atoms with Gasteiger partial charge in [-0.1, -0.05) is 75.2 Å². The molecule has 136 valence electrons. The lowest BCUT2D eigenvalue weighted by Crippen LogP contribution is -2.46. The second kappa shape index (κ2) is 7.24. The Kier molecular flexibility index (Phi) is 4.82. The molecular formula is C23H28N2O. The number of carbonyl (C=O) groups is 1. The van der Waals surface area contributed by atoms with Crippen molar-refractivity contribution in [1.82, 2.24) is 10.2 Å². The molecule has 0 saturated heterocycles. The minimum Gasteiger partial charge on any atom is -0.315 e. The number of rotatable bonds is 4. The first kappa shape index (κ1) is 17.3. The molecule has 1 aliphatic heterocycles. The lowest BCUT2D eigenvalue weighted by molar-refractivity contribution is 0.0623. The van der Waals surface area contributed by atoms with Crippen LogP contribution in [0.25, 0.3) is 0 Å². The normalized spacial score (nSPS) is 28.2. The van der Waals surface area contributed by atoms with E-state index < -0.39 is 0 Å². The standard InChI is InChI=1S/C23H28N2O/c1-16-9-8-14-21(17(16)2)24-22-19-12-6-7-13-20(19)23(26)25(22)15-18-10-4-3-5-11-18/h3-7,10-13,16-17,21-22,24H,8-9,14-15H2,1-2H3/t16-,17+,21+,22-/m1/s1. The van der Waals surface area contributed by atoms with Gasteiger partial charge in [0.25, 0.3) is 5.91 Å². The molecule has 26 heavy (non-hydrogen) atoms. The minimum atomic E-state index is -0.0309. The number of hydrogen-bond donors (Lipinski definition) is 1. The molecule has 2 aliphatic rings. The van der Waals surface area contributed by atoms with Crippen LogP contribution in [0.2, 0.25) is 0 Å². The number of nitrogens with zero attached hydrogens (tertiary/aromatic N) is 1. The number of carbonyl (C=O) groups excluding carboxylic acids is 1. The third-order valence-electron chi connectivity index (χ3n) is 6.33. The summed E-state index contributed by atoms with van der Waals surface area (Å²) in [5.41, 5.74) is 3.14. The van der Waals surface area contributed by atoms with Crippen LogP contribution in [0.15, 0.2) is 54.6 Å². The Labute approximate surface area is 156 Å². The molecule has 2 aromatic carbocycles. The summed E-state index contributed by atoms with van der Waals surface area (Å²) < 4.78 is 0. The highest BCUT2D eigenvalue weighted by Crippen LogP contribution is 2.36. The fourth-order valence-electron chi connectivity index (χ4n) is 4.51. The van der Waals surface area contributed by atoms with Crippen molar-refractivity contribution in [2.45, 2.75) is 51.9 Å². The molecule has 1 heterocycles. The van der Waals surface area contributed by atoms with Gasteiger partial charge in [0, 0.05) is 23.7 Å². The summed E-state index contributed by atoms with van der Waals surface area (Å²) in [6.07, 6.45) is 3.74. The molecule has 2 aromatic rings. The first-order valence-electron chi connectivity index (χ1n) is 9.85. The SMILES string of the molecule is C[C@H]1[C@H](C)CCC[C@@H]1N[C@H]1c2ccccc2C(=O)N1Cc1ccccc1. The van der Waals surface area contributed by atoms with Gasteiger partial charge in [-0.2, -0.15) is 0 Å². The molecule has 0 bridgehead atoms. The van der Waals surface area contributed by atoms with Crippen LogP contribution in [0, 0.1) is 11.8 Å². The predicted molar refractivity (Wildman–Crippen MR) is 105 cm³/mol. The number of benzene rings is 2. The predicted octanol–water partition coefficient (Wildman–Crippen LogP) is 4.76. The topological polar surface area (TPSA) is 32.3 Å². The zero-order valence-corrected chi connectivity index (χ0v) is 15.7. The Balaban J connectivity index is 1.62. The molecule has 0 radical (unpaired) electrons. The van der Waals surface area contributed by atoms with E-state index >= 15 is 0 Å². The van der Waals surface area contributed by atoms with E-state index in [1.54, 1.807) is 0 Å². The first-order valence-corrected chi connectivity index (χ1v) is 9.85. The van der Waals surface area contributed by atoms with Crippen molar-refractivity contribution in [2.24, 2.45) is 11.8 Å². The van der Waals surface area contributed by atoms with Crippen LogP contribution in [0.4, 0.5) is 0 Å². The average Bonchev–Trinajstić information content (AvgIpc) is 2.92. The summed E-state index contributed by atoms with van der Waals surface area (Å²) in [6.45, 7) is 5.35. The van der Waals surface area contributed by atoms with Crippen molar-refractivity contribution < 1.29 is 4.79 Å². The van der Waals surface area contributed by atoms with Crippen LogP contribution in [-0.2, 0) is 6.54 Å². The highest BCUT2D eigenvalue weighted by Gasteiger charge is 2.39. The van der Waals surface area contributed by atoms with E-state index in [9.17, 15) is 4.79 Å². The molecule has 3 heteroatoms. The van der Waals surface area contributed by atoms with E-state index in [1.807, 2.05) is 41.3 Å². The Bertz CT molecular complexity index is 773. The van der Waals surface area contributed by atoms with Gasteiger partial charge in [0.1, 0.15) is 6.17 Å². The van der Waals surface area contributed by atoms with Gasteiger partial charge >= 0.3 is 0 Å². The van der Waals surface area contributed by atoms with Crippen LogP contribution in [-0.4, -0.2) is 16.8 Å². The Morgan fingerprint density at radius 3 is 2.54 bits per heavy atom. The van der Waals surface area contributed by atoms with E-state index in [-0.39, 0.29) is 12.1 Å². The van der Waals surface area contributed by atoms with Crippen molar-refractivity contribution in [1.29, 1.82) is 0 Å². The van der Waals surface area contributed by atoms with E-state index in [0.29, 0.717) is 18.5 Å². The van der Waals surface area contributed by atoms with E-state index in [0.717, 1.165) is 17.0 Å². The summed E-state index contributed by atoms with van der Waals surface area (Å²) >= 11 is 0. The number of nitrogens with one attached hydrogen (secondary N) is 1. The lowest BCUT2D eigenvalue weighted by atomic mass is 9.78. The molecule has 1 aliphatic carbocycles. The van der Waals surface area contributed by atoms with Gasteiger partial charge < -0.3 is 4.90 Å². The molecule has 1 saturated carbocycles. The van der Waals surface area contributed by atoms with Crippen molar-refractivity contribution in [2.75, 3.05) is 0 Å². The third-order valence-corrected chi connectivity index (χ3v) is 6.33. The van der Waals surface area contributed by atoms with Gasteiger partial charge in [0.15, 0.2) is 0 Å². The highest BCUT2D eigenvalue weighted by atomic mass is 16.2. The molecule has 1 N–H and O–H groups in total. The van der Waals surface area contributed by atoms with Gasteiger partial charge in [0.2, 0.25) is 0 Å². The summed E-state index contributed by atoms with van der Waals surface area (Å²) in [4.78, 5) is 15.1. The van der Waals surface area contributed by atoms with E-state index in [2.05, 4.69) is 37.4 Å². The maximum absolute atomic E-state index is 13.1. The highest BCUT2D eigenvalue weighted by molar-refractivity contribution is 5.99. The maximum atomic E-state index is 13.1. The molecule has 4 atom stereocenters. The van der Waals surface area contributed by atoms with Gasteiger partial charge in [0.05, 0.1) is 0 Å². The zero-order chi connectivity index (χ0) is 18.1. The lowest BCUT2D eigenvalue weighted by Gasteiger charge is -2.38. The summed E-state index contributed by atoms with van der Waals surface area (Å²) in [6, 6.07) is 18.8. The molecule has 0 unspecified atom stereocenters. The monoisotopic (exact) mass is 348 g/mol. The van der Waals surface area contributed by atoms with E-state index in [4.69, 9.17) is 0 Å². The molecule has 1 amide bonds. The van der Waals surface area contributed by atoms with Crippen LogP contribution >= 0.6 is 0 Å². The number of fused-ring (bicyclic) bond motifs is 1. The second-order valence-electron chi connectivity index (χ2n) is 7.95. The van der Waals surface area contributed by atoms with Crippen LogP contribution in [0.1, 0.15) is 60.8 Å². The average molecular weight is 348 g/mol. The van der Waals surface area contributed by atoms with Crippen LogP contribution in [0.5, 0.6) is 0 Å². The van der Waals surface area contributed by atoms with Gasteiger partial charge in [-0.3, -0.25) is 10.1 Å². The zero-order valence-electron chi connectivity index (χ0n) is 15.7. The molecular weight excluding hydrogens is 320 g/mol. The Morgan fingerprint density at radius 2 is 1.73 bits per heavy atom. The van der Waals surface area contributed by atoms with Gasteiger partial charge in [-0.25, -0.2) is 0 Å². The third kappa shape index (κ3) is 3.16. The first-order chi connectivity index (χ1) is 12.6. The van der Waals surface area contributed by atoms with Crippen molar-refractivity contribution in [3.63, 3.8) is 0 Å². The van der Waals surface area contributed by atoms with Crippen molar-refractivity contribution >= 4 is 5.91 Å². The second-order valence-corrected chi connectivity index (χ2v) is 7.95. The van der Waals surface area contributed by atoms with E-state index in [1.165, 1.54) is 24.8 Å². The Hall–Kier alpha value is -2.13. The Morgan fingerprint density at radius 1 is 1.00 bits per heavy atom. The largest absolute Gasteiger partial charge is 0.315 e. The van der Waals surface area contributed by atoms with Crippen LogP contribution < -0.4 is 5.32 Å². The summed E-state index contributed by atoms with van der Waals surface area (Å²) in [7, 11) is 0. The van der Waals surface area contributed by atoms with Crippen molar-refractivity contribution in [3.05, 3.63) is 71.3 Å². The summed E-state index contributed by atoms with van der Waals surface area (Å²) in [5, 5.41) is 3.86. The minimum absolute atomic E-state index is 0.0309. The fraction of sp³-hybridized carbons (Fsp3) is 0.435. The molecule has 1 fully saturated rings. The quantitative estimate of drug-likeness (QED) is 0.864. The number of hydrogen-bond acceptors (Lipinski definition) is 2. The number of amides is 1. The smallest absolute Gasteiger partial charge is 0.256 e. The maximum Gasteiger partial charge on any atom is 0.256 e. The molecule has 0 aromatic heterocycles.